The third-order valence-corrected chi connectivity index (χ3v) is 3.97. The van der Waals surface area contributed by atoms with Gasteiger partial charge in [0.1, 0.15) is 17.4 Å². The van der Waals surface area contributed by atoms with E-state index in [9.17, 15) is 13.6 Å². The lowest BCUT2D eigenvalue weighted by molar-refractivity contribution is 0.0780. The van der Waals surface area contributed by atoms with Gasteiger partial charge < -0.3 is 9.32 Å². The van der Waals surface area contributed by atoms with Crippen molar-refractivity contribution in [2.75, 3.05) is 13.1 Å². The molecule has 116 valence electrons. The summed E-state index contributed by atoms with van der Waals surface area (Å²) in [6, 6.07) is 3.55. The molecular formula is C16H16F2N2O2. The number of halogens is 2. The molecule has 1 aliphatic rings. The third-order valence-electron chi connectivity index (χ3n) is 3.97. The Bertz CT molecular complexity index is 679. The highest BCUT2D eigenvalue weighted by Gasteiger charge is 2.29. The first-order chi connectivity index (χ1) is 10.5. The number of carbonyl (C=O) groups excluding carboxylic acids is 1. The molecule has 6 heteroatoms. The third kappa shape index (κ3) is 3.00. The summed E-state index contributed by atoms with van der Waals surface area (Å²) in [5.74, 6) is -0.601. The molecule has 0 N–H and O–H groups in total. The molecule has 22 heavy (non-hydrogen) atoms. The summed E-state index contributed by atoms with van der Waals surface area (Å²) in [5, 5.41) is 0. The number of hydrogen-bond acceptors (Lipinski definition) is 3. The Hall–Kier alpha value is -2.24. The van der Waals surface area contributed by atoms with E-state index in [1.54, 1.807) is 11.8 Å². The van der Waals surface area contributed by atoms with Crippen LogP contribution in [0.3, 0.4) is 0 Å². The molecule has 1 aliphatic heterocycles. The average molecular weight is 306 g/mol. The van der Waals surface area contributed by atoms with Gasteiger partial charge in [0.25, 0.3) is 5.91 Å². The molecular weight excluding hydrogens is 290 g/mol. The van der Waals surface area contributed by atoms with Crippen LogP contribution in [-0.2, 0) is 6.42 Å². The Morgan fingerprint density at radius 2 is 2.09 bits per heavy atom. The second-order valence-corrected chi connectivity index (χ2v) is 5.64. The van der Waals surface area contributed by atoms with Crippen molar-refractivity contribution in [2.24, 2.45) is 5.92 Å². The second-order valence-electron chi connectivity index (χ2n) is 5.64. The minimum atomic E-state index is -0.570. The largest absolute Gasteiger partial charge is 0.448 e. The smallest absolute Gasteiger partial charge is 0.276 e. The highest BCUT2D eigenvalue weighted by atomic mass is 19.1. The number of benzene rings is 1. The molecule has 3 rings (SSSR count). The molecule has 1 saturated heterocycles. The van der Waals surface area contributed by atoms with Crippen LogP contribution in [0.2, 0.25) is 0 Å². The van der Waals surface area contributed by atoms with E-state index in [1.807, 2.05) is 0 Å². The fraction of sp³-hybridized carbons (Fsp3) is 0.375. The van der Waals surface area contributed by atoms with Crippen LogP contribution in [0.1, 0.15) is 28.2 Å². The van der Waals surface area contributed by atoms with Crippen LogP contribution in [0.15, 0.2) is 29.0 Å². The van der Waals surface area contributed by atoms with E-state index < -0.39 is 11.6 Å². The quantitative estimate of drug-likeness (QED) is 0.876. The molecule has 1 amide bonds. The number of carbonyl (C=O) groups is 1. The van der Waals surface area contributed by atoms with Gasteiger partial charge in [-0.3, -0.25) is 4.79 Å². The molecule has 1 aromatic carbocycles. The van der Waals surface area contributed by atoms with Crippen molar-refractivity contribution in [2.45, 2.75) is 19.8 Å². The van der Waals surface area contributed by atoms with Crippen LogP contribution in [0, 0.1) is 24.5 Å². The maximum atomic E-state index is 13.2. The van der Waals surface area contributed by atoms with Gasteiger partial charge in [-0.1, -0.05) is 0 Å². The van der Waals surface area contributed by atoms with Crippen molar-refractivity contribution in [3.05, 3.63) is 53.2 Å². The highest BCUT2D eigenvalue weighted by molar-refractivity contribution is 5.93. The summed E-state index contributed by atoms with van der Waals surface area (Å²) in [5.41, 5.74) is 0.951. The molecule has 0 spiro atoms. The molecule has 1 unspecified atom stereocenters. The van der Waals surface area contributed by atoms with Gasteiger partial charge in [0, 0.05) is 19.2 Å². The maximum Gasteiger partial charge on any atom is 0.276 e. The van der Waals surface area contributed by atoms with Gasteiger partial charge >= 0.3 is 0 Å². The summed E-state index contributed by atoms with van der Waals surface area (Å²) < 4.78 is 31.5. The minimum Gasteiger partial charge on any atom is -0.448 e. The Labute approximate surface area is 126 Å². The van der Waals surface area contributed by atoms with Crippen molar-refractivity contribution >= 4 is 5.91 Å². The van der Waals surface area contributed by atoms with Crippen molar-refractivity contribution < 1.29 is 18.0 Å². The van der Waals surface area contributed by atoms with Crippen LogP contribution in [-0.4, -0.2) is 28.9 Å². The van der Waals surface area contributed by atoms with Crippen LogP contribution >= 0.6 is 0 Å². The Balaban J connectivity index is 1.65. The SMILES string of the molecule is Cc1ocnc1C(=O)N1CCC(Cc2cc(F)cc(F)c2)C1. The van der Waals surface area contributed by atoms with Gasteiger partial charge in [0.15, 0.2) is 12.1 Å². The van der Waals surface area contributed by atoms with Gasteiger partial charge in [0.2, 0.25) is 0 Å². The molecule has 1 fully saturated rings. The topological polar surface area (TPSA) is 46.3 Å². The van der Waals surface area contributed by atoms with E-state index in [1.165, 1.54) is 18.5 Å². The molecule has 0 saturated carbocycles. The molecule has 2 aromatic rings. The number of rotatable bonds is 3. The molecule has 2 heterocycles. The zero-order valence-corrected chi connectivity index (χ0v) is 12.2. The van der Waals surface area contributed by atoms with E-state index in [0.717, 1.165) is 12.5 Å². The fourth-order valence-electron chi connectivity index (χ4n) is 2.91. The number of aryl methyl sites for hydroxylation is 1. The number of amides is 1. The van der Waals surface area contributed by atoms with Gasteiger partial charge in [-0.25, -0.2) is 13.8 Å². The molecule has 1 atom stereocenters. The summed E-state index contributed by atoms with van der Waals surface area (Å²) in [7, 11) is 0. The Morgan fingerprint density at radius 3 is 2.73 bits per heavy atom. The van der Waals surface area contributed by atoms with Crippen LogP contribution in [0.4, 0.5) is 8.78 Å². The van der Waals surface area contributed by atoms with Crippen molar-refractivity contribution in [1.82, 2.24) is 9.88 Å². The first-order valence-corrected chi connectivity index (χ1v) is 7.17. The summed E-state index contributed by atoms with van der Waals surface area (Å²) in [6.07, 6.45) is 2.61. The van der Waals surface area contributed by atoms with Gasteiger partial charge in [0.05, 0.1) is 0 Å². The maximum absolute atomic E-state index is 13.2. The van der Waals surface area contributed by atoms with Crippen LogP contribution in [0.5, 0.6) is 0 Å². The highest BCUT2D eigenvalue weighted by Crippen LogP contribution is 2.23. The number of nitrogens with zero attached hydrogens (tertiary/aromatic N) is 2. The van der Waals surface area contributed by atoms with E-state index in [0.29, 0.717) is 36.5 Å². The summed E-state index contributed by atoms with van der Waals surface area (Å²) >= 11 is 0. The number of hydrogen-bond donors (Lipinski definition) is 0. The fourth-order valence-corrected chi connectivity index (χ4v) is 2.91. The molecule has 4 nitrogen and oxygen atoms in total. The Morgan fingerprint density at radius 1 is 1.36 bits per heavy atom. The molecule has 0 bridgehead atoms. The first-order valence-electron chi connectivity index (χ1n) is 7.17. The minimum absolute atomic E-state index is 0.154. The van der Waals surface area contributed by atoms with Gasteiger partial charge in [-0.05, 0) is 43.4 Å². The monoisotopic (exact) mass is 306 g/mol. The summed E-state index contributed by atoms with van der Waals surface area (Å²) in [6.45, 7) is 2.88. The standard InChI is InChI=1S/C16H16F2N2O2/c1-10-15(19-9-22-10)16(21)20-3-2-11(8-20)4-12-5-13(17)7-14(18)6-12/h5-7,9,11H,2-4,8H2,1H3. The zero-order chi connectivity index (χ0) is 15.7. The van der Waals surface area contributed by atoms with Crippen LogP contribution < -0.4 is 0 Å². The van der Waals surface area contributed by atoms with Crippen molar-refractivity contribution in [3.63, 3.8) is 0 Å². The lowest BCUT2D eigenvalue weighted by atomic mass is 9.98. The predicted molar refractivity (Wildman–Crippen MR) is 75.3 cm³/mol. The first kappa shape index (κ1) is 14.7. The van der Waals surface area contributed by atoms with Crippen LogP contribution in [0.25, 0.3) is 0 Å². The normalized spacial score (nSPS) is 18.0. The molecule has 0 radical (unpaired) electrons. The lowest BCUT2D eigenvalue weighted by Crippen LogP contribution is -2.29. The van der Waals surface area contributed by atoms with E-state index in [4.69, 9.17) is 4.42 Å². The van der Waals surface area contributed by atoms with Crippen molar-refractivity contribution in [3.8, 4) is 0 Å². The molecule has 1 aromatic heterocycles. The van der Waals surface area contributed by atoms with E-state index in [-0.39, 0.29) is 11.8 Å². The van der Waals surface area contributed by atoms with E-state index in [2.05, 4.69) is 4.98 Å². The number of oxazole rings is 1. The molecule has 0 aliphatic carbocycles. The van der Waals surface area contributed by atoms with E-state index >= 15 is 0 Å². The second kappa shape index (κ2) is 5.87. The summed E-state index contributed by atoms with van der Waals surface area (Å²) in [4.78, 5) is 18.0. The van der Waals surface area contributed by atoms with Gasteiger partial charge in [-0.15, -0.1) is 0 Å². The lowest BCUT2D eigenvalue weighted by Gasteiger charge is -2.15. The number of likely N-dealkylation sites (tertiary alicyclic amines) is 1. The zero-order valence-electron chi connectivity index (χ0n) is 12.2. The average Bonchev–Trinajstić information content (AvgIpc) is 3.06. The van der Waals surface area contributed by atoms with Gasteiger partial charge in [-0.2, -0.15) is 0 Å². The Kier molecular flexibility index (Phi) is 3.92. The number of aromatic nitrogens is 1. The van der Waals surface area contributed by atoms with Crippen molar-refractivity contribution in [1.29, 1.82) is 0 Å². The predicted octanol–water partition coefficient (Wildman–Crippen LogP) is 2.97.